The van der Waals surface area contributed by atoms with Gasteiger partial charge in [0.25, 0.3) is 0 Å². The number of carbonyl (C=O) groups excluding carboxylic acids is 2. The van der Waals surface area contributed by atoms with Crippen molar-refractivity contribution in [2.45, 2.75) is 5.16 Å². The van der Waals surface area contributed by atoms with Crippen LogP contribution in [-0.2, 0) is 9.53 Å². The number of amides is 1. The fourth-order valence-electron chi connectivity index (χ4n) is 3.22. The van der Waals surface area contributed by atoms with Crippen molar-refractivity contribution in [3.63, 3.8) is 0 Å². The number of benzene rings is 2. The van der Waals surface area contributed by atoms with E-state index in [4.69, 9.17) is 9.47 Å². The molecule has 1 N–H and O–H groups in total. The molecule has 4 rings (SSSR count). The molecule has 9 nitrogen and oxygen atoms in total. The summed E-state index contributed by atoms with van der Waals surface area (Å²) < 4.78 is 13.9. The van der Waals surface area contributed by atoms with E-state index in [0.29, 0.717) is 22.4 Å². The lowest BCUT2D eigenvalue weighted by molar-refractivity contribution is -0.113. The highest BCUT2D eigenvalue weighted by atomic mass is 32.2. The quantitative estimate of drug-likeness (QED) is 0.315. The fourth-order valence-corrected chi connectivity index (χ4v) is 3.95. The van der Waals surface area contributed by atoms with Crippen molar-refractivity contribution in [3.8, 4) is 17.1 Å². The molecule has 2 aromatic carbocycles. The van der Waals surface area contributed by atoms with Gasteiger partial charge < -0.3 is 14.8 Å². The van der Waals surface area contributed by atoms with E-state index in [1.54, 1.807) is 36.1 Å². The first-order valence-electron chi connectivity index (χ1n) is 9.94. The second kappa shape index (κ2) is 10.0. The first kappa shape index (κ1) is 22.2. The first-order chi connectivity index (χ1) is 16.1. The molecule has 4 aromatic rings. The number of para-hydroxylation sites is 2. The molecule has 2 heterocycles. The lowest BCUT2D eigenvalue weighted by atomic mass is 10.2. The molecule has 0 aliphatic carbocycles. The zero-order valence-corrected chi connectivity index (χ0v) is 18.8. The summed E-state index contributed by atoms with van der Waals surface area (Å²) in [6, 6.07) is 18.0. The van der Waals surface area contributed by atoms with Crippen LogP contribution in [-0.4, -0.2) is 51.4 Å². The van der Waals surface area contributed by atoms with Crippen molar-refractivity contribution in [1.29, 1.82) is 0 Å². The molecule has 0 unspecified atom stereocenters. The van der Waals surface area contributed by atoms with Crippen molar-refractivity contribution >= 4 is 29.3 Å². The number of ether oxygens (including phenoxy) is 2. The number of hydrogen-bond acceptors (Lipinski definition) is 7. The van der Waals surface area contributed by atoms with Crippen LogP contribution in [0.3, 0.4) is 0 Å². The summed E-state index contributed by atoms with van der Waals surface area (Å²) in [4.78, 5) is 24.6. The Labute approximate surface area is 194 Å². The van der Waals surface area contributed by atoms with Gasteiger partial charge in [0, 0.05) is 12.4 Å². The first-order valence-corrected chi connectivity index (χ1v) is 10.9. The molecule has 0 spiro atoms. The SMILES string of the molecule is COC(=O)c1ccccc1NC(=O)CSc1nnc(-c2ccccc2OC)n1-n1cccc1. The third kappa shape index (κ3) is 4.75. The average Bonchev–Trinajstić information content (AvgIpc) is 3.52. The van der Waals surface area contributed by atoms with E-state index < -0.39 is 5.97 Å². The Morgan fingerprint density at radius 3 is 2.45 bits per heavy atom. The zero-order chi connectivity index (χ0) is 23.2. The Morgan fingerprint density at radius 2 is 1.70 bits per heavy atom. The van der Waals surface area contributed by atoms with Crippen LogP contribution in [0.25, 0.3) is 11.4 Å². The van der Waals surface area contributed by atoms with Gasteiger partial charge in [-0.3, -0.25) is 9.47 Å². The highest BCUT2D eigenvalue weighted by Gasteiger charge is 2.20. The molecule has 33 heavy (non-hydrogen) atoms. The van der Waals surface area contributed by atoms with Crippen molar-refractivity contribution in [2.75, 3.05) is 25.3 Å². The van der Waals surface area contributed by atoms with Crippen LogP contribution >= 0.6 is 11.8 Å². The number of rotatable bonds is 8. The number of aromatic nitrogens is 4. The average molecular weight is 464 g/mol. The summed E-state index contributed by atoms with van der Waals surface area (Å²) in [5.41, 5.74) is 1.44. The number of carbonyl (C=O) groups is 2. The predicted octanol–water partition coefficient (Wildman–Crippen LogP) is 3.58. The third-order valence-corrected chi connectivity index (χ3v) is 5.64. The van der Waals surface area contributed by atoms with E-state index in [9.17, 15) is 9.59 Å². The van der Waals surface area contributed by atoms with E-state index in [0.717, 1.165) is 5.56 Å². The van der Waals surface area contributed by atoms with Gasteiger partial charge in [0.1, 0.15) is 5.75 Å². The van der Waals surface area contributed by atoms with Gasteiger partial charge in [0.05, 0.1) is 36.8 Å². The maximum Gasteiger partial charge on any atom is 0.339 e. The van der Waals surface area contributed by atoms with Crippen LogP contribution in [0.4, 0.5) is 5.69 Å². The van der Waals surface area contributed by atoms with Crippen LogP contribution in [0.1, 0.15) is 10.4 Å². The number of anilines is 1. The van der Waals surface area contributed by atoms with Gasteiger partial charge in [-0.25, -0.2) is 9.47 Å². The molecule has 2 aromatic heterocycles. The highest BCUT2D eigenvalue weighted by molar-refractivity contribution is 7.99. The highest BCUT2D eigenvalue weighted by Crippen LogP contribution is 2.31. The molecule has 0 aliphatic heterocycles. The smallest absolute Gasteiger partial charge is 0.339 e. The Bertz CT molecular complexity index is 1270. The van der Waals surface area contributed by atoms with Crippen LogP contribution in [0.2, 0.25) is 0 Å². The van der Waals surface area contributed by atoms with E-state index in [-0.39, 0.29) is 17.2 Å². The Balaban J connectivity index is 1.58. The molecule has 168 valence electrons. The molecular weight excluding hydrogens is 442 g/mol. The molecule has 10 heteroatoms. The molecule has 1 amide bonds. The zero-order valence-electron chi connectivity index (χ0n) is 18.0. The number of hydrogen-bond donors (Lipinski definition) is 1. The standard InChI is InChI=1S/C23H21N5O4S/c1-31-19-12-6-4-10-17(19)21-25-26-23(28(21)27-13-7-8-14-27)33-15-20(29)24-18-11-5-3-9-16(18)22(30)32-2/h3-14H,15H2,1-2H3,(H,24,29). The maximum atomic E-state index is 12.7. The van der Waals surface area contributed by atoms with Gasteiger partial charge in [-0.05, 0) is 36.4 Å². The maximum absolute atomic E-state index is 12.7. The number of thioether (sulfide) groups is 1. The minimum absolute atomic E-state index is 0.0564. The molecule has 0 saturated carbocycles. The Morgan fingerprint density at radius 1 is 0.970 bits per heavy atom. The van der Waals surface area contributed by atoms with Gasteiger partial charge in [-0.2, -0.15) is 0 Å². The second-order valence-electron chi connectivity index (χ2n) is 6.76. The molecule has 0 saturated heterocycles. The minimum atomic E-state index is -0.521. The number of methoxy groups -OCH3 is 2. The largest absolute Gasteiger partial charge is 0.496 e. The lowest BCUT2D eigenvalue weighted by Crippen LogP contribution is -2.18. The summed E-state index contributed by atoms with van der Waals surface area (Å²) in [7, 11) is 2.89. The van der Waals surface area contributed by atoms with Crippen molar-refractivity contribution in [3.05, 3.63) is 78.6 Å². The summed E-state index contributed by atoms with van der Waals surface area (Å²) in [6.07, 6.45) is 3.72. The van der Waals surface area contributed by atoms with E-state index in [2.05, 4.69) is 15.5 Å². The molecular formula is C23H21N5O4S. The number of nitrogens with zero attached hydrogens (tertiary/aromatic N) is 4. The molecule has 0 fully saturated rings. The Hall–Kier alpha value is -4.05. The summed E-state index contributed by atoms with van der Waals surface area (Å²) in [5.74, 6) is 0.472. The monoisotopic (exact) mass is 463 g/mol. The van der Waals surface area contributed by atoms with Gasteiger partial charge >= 0.3 is 5.97 Å². The fraction of sp³-hybridized carbons (Fsp3) is 0.130. The summed E-state index contributed by atoms with van der Waals surface area (Å²) in [6.45, 7) is 0. The van der Waals surface area contributed by atoms with E-state index >= 15 is 0 Å². The van der Waals surface area contributed by atoms with Crippen molar-refractivity contribution < 1.29 is 19.1 Å². The van der Waals surface area contributed by atoms with Gasteiger partial charge in [0.2, 0.25) is 11.1 Å². The van der Waals surface area contributed by atoms with E-state index in [1.807, 2.05) is 53.5 Å². The van der Waals surface area contributed by atoms with E-state index in [1.165, 1.54) is 18.9 Å². The molecule has 0 bridgehead atoms. The van der Waals surface area contributed by atoms with Gasteiger partial charge in [0.15, 0.2) is 5.82 Å². The number of nitrogens with one attached hydrogen (secondary N) is 1. The topological polar surface area (TPSA) is 100 Å². The summed E-state index contributed by atoms with van der Waals surface area (Å²) >= 11 is 1.22. The predicted molar refractivity (Wildman–Crippen MR) is 124 cm³/mol. The normalized spacial score (nSPS) is 10.6. The van der Waals surface area contributed by atoms with Crippen LogP contribution in [0.5, 0.6) is 5.75 Å². The third-order valence-electron chi connectivity index (χ3n) is 4.72. The van der Waals surface area contributed by atoms with Gasteiger partial charge in [-0.1, -0.05) is 36.0 Å². The van der Waals surface area contributed by atoms with Gasteiger partial charge in [-0.15, -0.1) is 10.2 Å². The Kier molecular flexibility index (Phi) is 6.75. The van der Waals surface area contributed by atoms with Crippen LogP contribution < -0.4 is 10.1 Å². The number of esters is 1. The van der Waals surface area contributed by atoms with Crippen molar-refractivity contribution in [1.82, 2.24) is 19.5 Å². The molecule has 0 aliphatic rings. The van der Waals surface area contributed by atoms with Crippen LogP contribution in [0.15, 0.2) is 78.2 Å². The minimum Gasteiger partial charge on any atom is -0.496 e. The van der Waals surface area contributed by atoms with Crippen LogP contribution in [0, 0.1) is 0 Å². The van der Waals surface area contributed by atoms with Crippen molar-refractivity contribution in [2.24, 2.45) is 0 Å². The summed E-state index contributed by atoms with van der Waals surface area (Å²) in [5, 5.41) is 11.9. The lowest BCUT2D eigenvalue weighted by Gasteiger charge is -2.13. The molecule has 0 radical (unpaired) electrons. The second-order valence-corrected chi connectivity index (χ2v) is 7.70. The molecule has 0 atom stereocenters.